The van der Waals surface area contributed by atoms with Crippen LogP contribution >= 0.6 is 15.9 Å². The van der Waals surface area contributed by atoms with Gasteiger partial charge in [-0.2, -0.15) is 0 Å². The van der Waals surface area contributed by atoms with Gasteiger partial charge in [-0.05, 0) is 34.5 Å². The van der Waals surface area contributed by atoms with E-state index in [2.05, 4.69) is 20.9 Å². The van der Waals surface area contributed by atoms with Crippen molar-refractivity contribution in [1.82, 2.24) is 9.38 Å². The number of amides is 1. The Hall–Kier alpha value is -1.56. The van der Waals surface area contributed by atoms with E-state index in [0.717, 1.165) is 10.0 Å². The van der Waals surface area contributed by atoms with Crippen LogP contribution in [0.25, 0.3) is 5.65 Å². The third kappa shape index (κ3) is 1.46. The molecule has 0 saturated carbocycles. The monoisotopic (exact) mass is 268 g/mol. The van der Waals surface area contributed by atoms with Crippen molar-refractivity contribution in [3.8, 4) is 0 Å². The molecule has 0 radical (unpaired) electrons. The van der Waals surface area contributed by atoms with E-state index in [1.54, 1.807) is 10.6 Å². The molecular weight excluding hydrogens is 260 g/mol. The number of fused-ring (bicyclic) bond motifs is 1. The van der Waals surface area contributed by atoms with Gasteiger partial charge in [0.1, 0.15) is 11.5 Å². The summed E-state index contributed by atoms with van der Waals surface area (Å²) in [4.78, 5) is 15.1. The highest BCUT2D eigenvalue weighted by atomic mass is 79.9. The first-order valence-electron chi connectivity index (χ1n) is 4.24. The Morgan fingerprint density at radius 3 is 2.87 bits per heavy atom. The van der Waals surface area contributed by atoms with Crippen LogP contribution in [0.5, 0.6) is 0 Å². The van der Waals surface area contributed by atoms with Gasteiger partial charge in [-0.15, -0.1) is 0 Å². The Morgan fingerprint density at radius 2 is 2.27 bits per heavy atom. The van der Waals surface area contributed by atoms with E-state index in [1.807, 2.05) is 13.0 Å². The number of anilines is 1. The van der Waals surface area contributed by atoms with Gasteiger partial charge in [-0.3, -0.25) is 9.20 Å². The van der Waals surface area contributed by atoms with E-state index >= 15 is 0 Å². The summed E-state index contributed by atoms with van der Waals surface area (Å²) >= 11 is 3.34. The first-order chi connectivity index (χ1) is 7.00. The standard InChI is InChI=1S/C9H9BrN4O/c1-4-2-5(10)3-14-7(11)6(8(12)15)13-9(4)14/h2-3H,11H2,1H3,(H2,12,15). The van der Waals surface area contributed by atoms with Crippen molar-refractivity contribution in [1.29, 1.82) is 0 Å². The Kier molecular flexibility index (Phi) is 2.15. The van der Waals surface area contributed by atoms with Gasteiger partial charge >= 0.3 is 0 Å². The van der Waals surface area contributed by atoms with Crippen LogP contribution in [-0.2, 0) is 0 Å². The number of aryl methyl sites for hydroxylation is 1. The Bertz CT molecular complexity index is 561. The minimum absolute atomic E-state index is 0.108. The van der Waals surface area contributed by atoms with Crippen LogP contribution in [-0.4, -0.2) is 15.3 Å². The van der Waals surface area contributed by atoms with Gasteiger partial charge in [0, 0.05) is 10.7 Å². The van der Waals surface area contributed by atoms with Crippen LogP contribution in [0.15, 0.2) is 16.7 Å². The Balaban J connectivity index is 2.88. The number of primary amides is 1. The maximum Gasteiger partial charge on any atom is 0.271 e. The molecule has 0 spiro atoms. The molecule has 2 rings (SSSR count). The molecule has 0 atom stereocenters. The summed E-state index contributed by atoms with van der Waals surface area (Å²) in [5.74, 6) is -0.353. The normalized spacial score (nSPS) is 10.8. The number of carbonyl (C=O) groups is 1. The lowest BCUT2D eigenvalue weighted by atomic mass is 10.3. The zero-order valence-corrected chi connectivity index (χ0v) is 9.58. The fraction of sp³-hybridized carbons (Fsp3) is 0.111. The molecule has 0 saturated heterocycles. The quantitative estimate of drug-likeness (QED) is 0.812. The molecule has 0 aliphatic heterocycles. The topological polar surface area (TPSA) is 86.4 Å². The van der Waals surface area contributed by atoms with Gasteiger partial charge in [0.2, 0.25) is 0 Å². The van der Waals surface area contributed by atoms with Crippen molar-refractivity contribution in [2.24, 2.45) is 5.73 Å². The average Bonchev–Trinajstić information content (AvgIpc) is 2.44. The van der Waals surface area contributed by atoms with E-state index in [0.29, 0.717) is 5.65 Å². The van der Waals surface area contributed by atoms with Crippen molar-refractivity contribution in [3.63, 3.8) is 0 Å². The SMILES string of the molecule is Cc1cc(Br)cn2c(N)c(C(N)=O)nc12. The van der Waals surface area contributed by atoms with Crippen molar-refractivity contribution in [3.05, 3.63) is 28.0 Å². The maximum absolute atomic E-state index is 11.0. The summed E-state index contributed by atoms with van der Waals surface area (Å²) in [7, 11) is 0. The van der Waals surface area contributed by atoms with Crippen molar-refractivity contribution in [2.45, 2.75) is 6.92 Å². The van der Waals surface area contributed by atoms with Crippen molar-refractivity contribution >= 4 is 33.3 Å². The largest absolute Gasteiger partial charge is 0.383 e. The average molecular weight is 269 g/mol. The molecule has 0 aliphatic carbocycles. The number of halogens is 1. The predicted molar refractivity (Wildman–Crippen MR) is 60.6 cm³/mol. The smallest absolute Gasteiger partial charge is 0.271 e. The molecule has 0 fully saturated rings. The van der Waals surface area contributed by atoms with Gasteiger partial charge in [0.15, 0.2) is 5.69 Å². The third-order valence-electron chi connectivity index (χ3n) is 2.14. The summed E-state index contributed by atoms with van der Waals surface area (Å²) in [6.07, 6.45) is 1.75. The second-order valence-corrected chi connectivity index (χ2v) is 4.16. The number of rotatable bonds is 1. The number of carbonyl (C=O) groups excluding carboxylic acids is 1. The number of pyridine rings is 1. The zero-order chi connectivity index (χ0) is 11.2. The minimum Gasteiger partial charge on any atom is -0.383 e. The molecule has 2 heterocycles. The summed E-state index contributed by atoms with van der Waals surface area (Å²) < 4.78 is 2.51. The lowest BCUT2D eigenvalue weighted by Gasteiger charge is -2.00. The fourth-order valence-electron chi connectivity index (χ4n) is 1.47. The van der Waals surface area contributed by atoms with E-state index < -0.39 is 5.91 Å². The number of hydrogen-bond donors (Lipinski definition) is 2. The predicted octanol–water partition coefficient (Wildman–Crippen LogP) is 1.09. The number of aromatic nitrogens is 2. The Labute approximate surface area is 94.2 Å². The molecule has 2 aromatic rings. The lowest BCUT2D eigenvalue weighted by Crippen LogP contribution is -2.13. The molecule has 5 nitrogen and oxygen atoms in total. The summed E-state index contributed by atoms with van der Waals surface area (Å²) in [6, 6.07) is 1.90. The van der Waals surface area contributed by atoms with Crippen LogP contribution in [0.1, 0.15) is 16.1 Å². The summed E-state index contributed by atoms with van der Waals surface area (Å²) in [6.45, 7) is 1.89. The number of imidazole rings is 1. The van der Waals surface area contributed by atoms with Crippen molar-refractivity contribution < 1.29 is 4.79 Å². The molecule has 0 aromatic carbocycles. The van der Waals surface area contributed by atoms with Crippen LogP contribution in [0, 0.1) is 6.92 Å². The molecule has 2 aromatic heterocycles. The zero-order valence-electron chi connectivity index (χ0n) is 7.99. The van der Waals surface area contributed by atoms with Crippen LogP contribution in [0.3, 0.4) is 0 Å². The third-order valence-corrected chi connectivity index (χ3v) is 2.57. The van der Waals surface area contributed by atoms with Crippen molar-refractivity contribution in [2.75, 3.05) is 5.73 Å². The van der Waals surface area contributed by atoms with Gasteiger partial charge < -0.3 is 11.5 Å². The number of nitrogens with zero attached hydrogens (tertiary/aromatic N) is 2. The van der Waals surface area contributed by atoms with E-state index in [-0.39, 0.29) is 11.5 Å². The first kappa shape index (κ1) is 9.97. The van der Waals surface area contributed by atoms with Crippen LogP contribution in [0.2, 0.25) is 0 Å². The fourth-order valence-corrected chi connectivity index (χ4v) is 2.02. The second-order valence-electron chi connectivity index (χ2n) is 3.24. The molecule has 4 N–H and O–H groups in total. The second kappa shape index (κ2) is 3.23. The summed E-state index contributed by atoms with van der Waals surface area (Å²) in [5, 5.41) is 0. The number of nitrogens with two attached hydrogens (primary N) is 2. The first-order valence-corrected chi connectivity index (χ1v) is 5.03. The number of nitrogen functional groups attached to an aromatic ring is 1. The van der Waals surface area contributed by atoms with Crippen LogP contribution in [0.4, 0.5) is 5.82 Å². The molecule has 15 heavy (non-hydrogen) atoms. The molecule has 78 valence electrons. The van der Waals surface area contributed by atoms with E-state index in [1.165, 1.54) is 0 Å². The van der Waals surface area contributed by atoms with E-state index in [4.69, 9.17) is 11.5 Å². The molecule has 0 bridgehead atoms. The molecule has 6 heteroatoms. The van der Waals surface area contributed by atoms with Crippen LogP contribution < -0.4 is 11.5 Å². The maximum atomic E-state index is 11.0. The van der Waals surface area contributed by atoms with Gasteiger partial charge in [0.05, 0.1) is 0 Å². The minimum atomic E-state index is -0.619. The highest BCUT2D eigenvalue weighted by Gasteiger charge is 2.15. The van der Waals surface area contributed by atoms with E-state index in [9.17, 15) is 4.79 Å². The Morgan fingerprint density at radius 1 is 1.60 bits per heavy atom. The highest BCUT2D eigenvalue weighted by molar-refractivity contribution is 9.10. The highest BCUT2D eigenvalue weighted by Crippen LogP contribution is 2.21. The van der Waals surface area contributed by atoms with Gasteiger partial charge in [0.25, 0.3) is 5.91 Å². The molecular formula is C9H9BrN4O. The summed E-state index contributed by atoms with van der Waals surface area (Å²) in [5.41, 5.74) is 12.6. The molecule has 0 aliphatic rings. The van der Waals surface area contributed by atoms with Gasteiger partial charge in [-0.25, -0.2) is 4.98 Å². The molecule has 1 amide bonds. The van der Waals surface area contributed by atoms with Gasteiger partial charge in [-0.1, -0.05) is 0 Å². The number of hydrogen-bond acceptors (Lipinski definition) is 3. The lowest BCUT2D eigenvalue weighted by molar-refractivity contribution is 0.0997. The molecule has 0 unspecified atom stereocenters.